The van der Waals surface area contributed by atoms with Gasteiger partial charge in [-0.2, -0.15) is 4.31 Å². The Morgan fingerprint density at radius 1 is 1.15 bits per heavy atom. The number of amides is 1. The Kier molecular flexibility index (Phi) is 7.03. The van der Waals surface area contributed by atoms with E-state index in [-0.39, 0.29) is 25.4 Å². The summed E-state index contributed by atoms with van der Waals surface area (Å²) in [5.41, 5.74) is 1.47. The van der Waals surface area contributed by atoms with E-state index in [0.29, 0.717) is 16.9 Å². The number of hydrogen-bond donors (Lipinski definition) is 1. The van der Waals surface area contributed by atoms with Crippen molar-refractivity contribution in [1.29, 1.82) is 0 Å². The van der Waals surface area contributed by atoms with Crippen molar-refractivity contribution in [2.24, 2.45) is 0 Å². The lowest BCUT2D eigenvalue weighted by atomic mass is 10.2. The first kappa shape index (κ1) is 20.5. The molecule has 9 heteroatoms. The van der Waals surface area contributed by atoms with Crippen LogP contribution in [0.25, 0.3) is 0 Å². The van der Waals surface area contributed by atoms with Gasteiger partial charge in [-0.05, 0) is 36.4 Å². The molecule has 2 rings (SSSR count). The smallest absolute Gasteiger partial charge is 0.337 e. The molecule has 0 unspecified atom stereocenters. The normalized spacial score (nSPS) is 11.2. The lowest BCUT2D eigenvalue weighted by Crippen LogP contribution is -2.32. The molecular weight excluding hydrogens is 370 g/mol. The molecule has 0 spiro atoms. The predicted octanol–water partition coefficient (Wildman–Crippen LogP) is 1.66. The topological polar surface area (TPSA) is 106 Å². The first-order chi connectivity index (χ1) is 12.8. The Morgan fingerprint density at radius 2 is 1.85 bits per heavy atom. The Morgan fingerprint density at radius 3 is 2.41 bits per heavy atom. The van der Waals surface area contributed by atoms with Crippen LogP contribution in [-0.2, 0) is 26.1 Å². The van der Waals surface area contributed by atoms with Gasteiger partial charge in [0.2, 0.25) is 15.9 Å². The van der Waals surface area contributed by atoms with Crippen molar-refractivity contribution in [2.75, 3.05) is 25.2 Å². The molecule has 0 atom stereocenters. The van der Waals surface area contributed by atoms with Crippen LogP contribution in [0.5, 0.6) is 0 Å². The maximum atomic E-state index is 12.1. The Labute approximate surface area is 158 Å². The molecule has 0 fully saturated rings. The third kappa shape index (κ3) is 6.46. The molecule has 144 valence electrons. The number of carbonyl (C=O) groups excluding carboxylic acids is 2. The van der Waals surface area contributed by atoms with Gasteiger partial charge in [0, 0.05) is 24.8 Å². The number of rotatable bonds is 8. The average molecular weight is 391 g/mol. The molecule has 1 aromatic heterocycles. The Bertz CT molecular complexity index is 883. The molecule has 2 aromatic rings. The highest BCUT2D eigenvalue weighted by atomic mass is 32.2. The van der Waals surface area contributed by atoms with Crippen LogP contribution in [0.4, 0.5) is 5.69 Å². The van der Waals surface area contributed by atoms with Gasteiger partial charge in [0.15, 0.2) is 0 Å². The molecule has 1 N–H and O–H groups in total. The standard InChI is InChI=1S/C18H21N3O5S/c1-26-18(23)14-6-8-15(9-7-14)20-17(22)10-12-21(27(2,24)25)13-16-5-3-4-11-19-16/h3-9,11H,10,12-13H2,1-2H3,(H,20,22). The second kappa shape index (κ2) is 9.24. The Balaban J connectivity index is 1.94. The van der Waals surface area contributed by atoms with Gasteiger partial charge in [-0.3, -0.25) is 9.78 Å². The number of aromatic nitrogens is 1. The number of sulfonamides is 1. The zero-order valence-electron chi connectivity index (χ0n) is 15.1. The summed E-state index contributed by atoms with van der Waals surface area (Å²) >= 11 is 0. The van der Waals surface area contributed by atoms with Crippen molar-refractivity contribution in [3.05, 3.63) is 59.9 Å². The lowest BCUT2D eigenvalue weighted by molar-refractivity contribution is -0.116. The fraction of sp³-hybridized carbons (Fsp3) is 0.278. The van der Waals surface area contributed by atoms with Crippen LogP contribution in [0.3, 0.4) is 0 Å². The van der Waals surface area contributed by atoms with Crippen molar-refractivity contribution in [2.45, 2.75) is 13.0 Å². The van der Waals surface area contributed by atoms with Crippen molar-refractivity contribution in [3.8, 4) is 0 Å². The fourth-order valence-electron chi connectivity index (χ4n) is 2.29. The summed E-state index contributed by atoms with van der Waals surface area (Å²) in [4.78, 5) is 27.6. The molecule has 0 aliphatic rings. The van der Waals surface area contributed by atoms with Gasteiger partial charge in [-0.1, -0.05) is 6.07 Å². The van der Waals surface area contributed by atoms with E-state index in [9.17, 15) is 18.0 Å². The summed E-state index contributed by atoms with van der Waals surface area (Å²) in [7, 11) is -2.20. The maximum Gasteiger partial charge on any atom is 0.337 e. The predicted molar refractivity (Wildman–Crippen MR) is 101 cm³/mol. The van der Waals surface area contributed by atoms with Crippen LogP contribution in [0.2, 0.25) is 0 Å². The van der Waals surface area contributed by atoms with E-state index in [1.165, 1.54) is 23.5 Å². The van der Waals surface area contributed by atoms with Gasteiger partial charge in [-0.25, -0.2) is 13.2 Å². The molecule has 0 aliphatic carbocycles. The summed E-state index contributed by atoms with van der Waals surface area (Å²) in [6, 6.07) is 11.5. The molecule has 8 nitrogen and oxygen atoms in total. The zero-order chi connectivity index (χ0) is 19.9. The first-order valence-corrected chi connectivity index (χ1v) is 9.97. The average Bonchev–Trinajstić information content (AvgIpc) is 2.65. The van der Waals surface area contributed by atoms with Gasteiger partial charge < -0.3 is 10.1 Å². The largest absolute Gasteiger partial charge is 0.465 e. The molecule has 0 saturated heterocycles. The van der Waals surface area contributed by atoms with Crippen LogP contribution in [0.1, 0.15) is 22.5 Å². The van der Waals surface area contributed by atoms with Crippen LogP contribution < -0.4 is 5.32 Å². The van der Waals surface area contributed by atoms with Crippen molar-refractivity contribution < 1.29 is 22.7 Å². The number of nitrogens with one attached hydrogen (secondary N) is 1. The number of anilines is 1. The molecule has 27 heavy (non-hydrogen) atoms. The van der Waals surface area contributed by atoms with E-state index in [0.717, 1.165) is 6.26 Å². The van der Waals surface area contributed by atoms with E-state index >= 15 is 0 Å². The van der Waals surface area contributed by atoms with Crippen molar-refractivity contribution in [3.63, 3.8) is 0 Å². The highest BCUT2D eigenvalue weighted by Gasteiger charge is 2.19. The summed E-state index contributed by atoms with van der Waals surface area (Å²) in [5.74, 6) is -0.804. The van der Waals surface area contributed by atoms with Crippen LogP contribution in [-0.4, -0.2) is 49.5 Å². The third-order valence-corrected chi connectivity index (χ3v) is 4.96. The second-order valence-corrected chi connectivity index (χ2v) is 7.77. The van der Waals surface area contributed by atoms with E-state index in [1.54, 1.807) is 36.5 Å². The molecule has 0 aliphatic heterocycles. The number of hydrogen-bond acceptors (Lipinski definition) is 6. The maximum absolute atomic E-state index is 12.1. The molecule has 0 saturated carbocycles. The van der Waals surface area contributed by atoms with Crippen LogP contribution in [0, 0.1) is 0 Å². The minimum absolute atomic E-state index is 0.0152. The second-order valence-electron chi connectivity index (χ2n) is 5.78. The number of pyridine rings is 1. The van der Waals surface area contributed by atoms with Gasteiger partial charge in [0.05, 0.1) is 31.2 Å². The number of nitrogens with zero attached hydrogens (tertiary/aromatic N) is 2. The number of methoxy groups -OCH3 is 1. The number of esters is 1. The summed E-state index contributed by atoms with van der Waals surface area (Å²) in [6.07, 6.45) is 2.67. The van der Waals surface area contributed by atoms with E-state index < -0.39 is 16.0 Å². The number of ether oxygens (including phenoxy) is 1. The van der Waals surface area contributed by atoms with Gasteiger partial charge in [-0.15, -0.1) is 0 Å². The van der Waals surface area contributed by atoms with E-state index in [2.05, 4.69) is 15.0 Å². The molecule has 1 heterocycles. The molecular formula is C18H21N3O5S. The summed E-state index contributed by atoms with van der Waals surface area (Å²) in [5, 5.41) is 2.67. The van der Waals surface area contributed by atoms with Gasteiger partial charge >= 0.3 is 5.97 Å². The van der Waals surface area contributed by atoms with E-state index in [4.69, 9.17) is 0 Å². The minimum atomic E-state index is -3.49. The van der Waals surface area contributed by atoms with Crippen molar-refractivity contribution >= 4 is 27.6 Å². The highest BCUT2D eigenvalue weighted by molar-refractivity contribution is 7.88. The molecule has 0 bridgehead atoms. The quantitative estimate of drug-likeness (QED) is 0.686. The monoisotopic (exact) mass is 391 g/mol. The molecule has 1 aromatic carbocycles. The fourth-order valence-corrected chi connectivity index (χ4v) is 3.08. The van der Waals surface area contributed by atoms with Gasteiger partial charge in [0.1, 0.15) is 0 Å². The van der Waals surface area contributed by atoms with Crippen LogP contribution in [0.15, 0.2) is 48.7 Å². The third-order valence-electron chi connectivity index (χ3n) is 3.71. The number of carbonyl (C=O) groups is 2. The summed E-state index contributed by atoms with van der Waals surface area (Å²) < 4.78 is 29.7. The molecule has 1 amide bonds. The molecule has 0 radical (unpaired) electrons. The summed E-state index contributed by atoms with van der Waals surface area (Å²) in [6.45, 7) is 0.127. The van der Waals surface area contributed by atoms with Crippen molar-refractivity contribution in [1.82, 2.24) is 9.29 Å². The SMILES string of the molecule is COC(=O)c1ccc(NC(=O)CCN(Cc2ccccn2)S(C)(=O)=O)cc1. The first-order valence-electron chi connectivity index (χ1n) is 8.13. The minimum Gasteiger partial charge on any atom is -0.465 e. The Hall–Kier alpha value is -2.78. The lowest BCUT2D eigenvalue weighted by Gasteiger charge is -2.19. The van der Waals surface area contributed by atoms with Gasteiger partial charge in [0.25, 0.3) is 0 Å². The zero-order valence-corrected chi connectivity index (χ0v) is 15.9. The van der Waals surface area contributed by atoms with E-state index in [1.807, 2.05) is 0 Å². The highest BCUT2D eigenvalue weighted by Crippen LogP contribution is 2.12. The van der Waals surface area contributed by atoms with Crippen LogP contribution >= 0.6 is 0 Å². The number of benzene rings is 1.